The first-order chi connectivity index (χ1) is 31.2. The fourth-order valence-electron chi connectivity index (χ4n) is 9.47. The Kier molecular flexibility index (Phi) is 7.80. The van der Waals surface area contributed by atoms with Crippen molar-refractivity contribution < 1.29 is 4.42 Å². The van der Waals surface area contributed by atoms with E-state index in [1.54, 1.807) is 0 Å². The highest BCUT2D eigenvalue weighted by atomic mass is 16.3. The van der Waals surface area contributed by atoms with Crippen LogP contribution in [0.15, 0.2) is 217 Å². The maximum absolute atomic E-state index is 6.95. The van der Waals surface area contributed by atoms with E-state index in [4.69, 9.17) is 19.4 Å². The molecule has 294 valence electrons. The zero-order valence-corrected chi connectivity index (χ0v) is 33.9. The zero-order valence-electron chi connectivity index (χ0n) is 33.9. The number of hydrogen-bond donors (Lipinski definition) is 0. The van der Waals surface area contributed by atoms with Crippen LogP contribution in [0.1, 0.15) is 0 Å². The normalized spacial score (nSPS) is 11.8. The van der Waals surface area contributed by atoms with Gasteiger partial charge in [0.2, 0.25) is 0 Å². The molecule has 0 bridgehead atoms. The standard InChI is InChI=1S/C57H35N5O/c1-5-17-36(18-6-1)45-32-41(62-50-28-16-14-26-43(50)47-34-46-42-25-13-15-27-49(42)61(51(46)35-52(47)62)40-23-11-4-12-24-40)33-48-44-30-29-39(31-53(44)63-54(45)48)57-59-55(37-19-7-2-8-20-37)58-56(60-57)38-21-9-3-10-22-38/h1-35H. The van der Waals surface area contributed by atoms with Crippen LogP contribution in [-0.2, 0) is 0 Å². The molecule has 0 radical (unpaired) electrons. The van der Waals surface area contributed by atoms with Crippen LogP contribution in [0.25, 0.3) is 122 Å². The van der Waals surface area contributed by atoms with Gasteiger partial charge in [0.1, 0.15) is 11.2 Å². The molecule has 0 spiro atoms. The van der Waals surface area contributed by atoms with Gasteiger partial charge in [-0.25, -0.2) is 15.0 Å². The molecule has 6 heteroatoms. The third kappa shape index (κ3) is 5.62. The number of aromatic nitrogens is 5. The predicted octanol–water partition coefficient (Wildman–Crippen LogP) is 14.6. The summed E-state index contributed by atoms with van der Waals surface area (Å²) in [5, 5.41) is 6.92. The molecule has 0 N–H and O–H groups in total. The van der Waals surface area contributed by atoms with Crippen LogP contribution in [0.2, 0.25) is 0 Å². The molecule has 0 aliphatic heterocycles. The van der Waals surface area contributed by atoms with Crippen molar-refractivity contribution in [2.24, 2.45) is 0 Å². The summed E-state index contributed by atoms with van der Waals surface area (Å²) >= 11 is 0. The maximum Gasteiger partial charge on any atom is 0.164 e. The maximum atomic E-state index is 6.95. The second kappa shape index (κ2) is 14.0. The van der Waals surface area contributed by atoms with Gasteiger partial charge in [0.15, 0.2) is 17.5 Å². The fourth-order valence-corrected chi connectivity index (χ4v) is 9.47. The Bertz CT molecular complexity index is 3830. The first-order valence-electron chi connectivity index (χ1n) is 21.2. The smallest absolute Gasteiger partial charge is 0.164 e. The number of nitrogens with zero attached hydrogens (tertiary/aromatic N) is 5. The minimum absolute atomic E-state index is 0.582. The SMILES string of the molecule is c1ccc(-c2nc(-c3ccccc3)nc(-c3ccc4c(c3)oc3c(-c5ccccc5)cc(-n5c6ccccc6c6cc7c8ccccc8n(-c8ccccc8)c7cc65)cc34)n2)cc1. The van der Waals surface area contributed by atoms with Gasteiger partial charge in [0, 0.05) is 65.9 Å². The molecule has 0 aliphatic rings. The third-order valence-corrected chi connectivity index (χ3v) is 12.3. The summed E-state index contributed by atoms with van der Waals surface area (Å²) in [5.41, 5.74) is 13.2. The van der Waals surface area contributed by atoms with Crippen LogP contribution in [0.4, 0.5) is 0 Å². The lowest BCUT2D eigenvalue weighted by atomic mass is 10.0. The van der Waals surface area contributed by atoms with Crippen molar-refractivity contribution >= 4 is 65.6 Å². The van der Waals surface area contributed by atoms with E-state index in [9.17, 15) is 0 Å². The summed E-state index contributed by atoms with van der Waals surface area (Å²) in [5.74, 6) is 1.82. The number of furan rings is 1. The number of rotatable bonds is 6. The summed E-state index contributed by atoms with van der Waals surface area (Å²) in [7, 11) is 0. The average Bonchev–Trinajstić information content (AvgIpc) is 4.01. The van der Waals surface area contributed by atoms with Gasteiger partial charge in [0.05, 0.1) is 22.1 Å². The molecule has 4 heterocycles. The summed E-state index contributed by atoms with van der Waals surface area (Å²) < 4.78 is 11.8. The van der Waals surface area contributed by atoms with Crippen LogP contribution in [0, 0.1) is 0 Å². The summed E-state index contributed by atoms with van der Waals surface area (Å²) in [6.07, 6.45) is 0. The Morgan fingerprint density at radius 2 is 0.794 bits per heavy atom. The van der Waals surface area contributed by atoms with Gasteiger partial charge in [-0.3, -0.25) is 0 Å². The van der Waals surface area contributed by atoms with Gasteiger partial charge in [-0.2, -0.15) is 0 Å². The van der Waals surface area contributed by atoms with Gasteiger partial charge < -0.3 is 13.6 Å². The van der Waals surface area contributed by atoms with Gasteiger partial charge >= 0.3 is 0 Å². The van der Waals surface area contributed by atoms with Crippen molar-refractivity contribution in [3.8, 4) is 56.7 Å². The monoisotopic (exact) mass is 805 g/mol. The molecule has 0 amide bonds. The largest absolute Gasteiger partial charge is 0.455 e. The van der Waals surface area contributed by atoms with Crippen molar-refractivity contribution in [1.82, 2.24) is 24.1 Å². The molecule has 63 heavy (non-hydrogen) atoms. The molecule has 13 aromatic rings. The van der Waals surface area contributed by atoms with Crippen LogP contribution in [0.5, 0.6) is 0 Å². The highest BCUT2D eigenvalue weighted by molar-refractivity contribution is 6.20. The molecule has 4 aromatic heterocycles. The van der Waals surface area contributed by atoms with Crippen molar-refractivity contribution in [3.05, 3.63) is 212 Å². The predicted molar refractivity (Wildman–Crippen MR) is 258 cm³/mol. The Morgan fingerprint density at radius 1 is 0.302 bits per heavy atom. The van der Waals surface area contributed by atoms with Gasteiger partial charge in [0.25, 0.3) is 0 Å². The van der Waals surface area contributed by atoms with Gasteiger partial charge in [-0.15, -0.1) is 0 Å². The van der Waals surface area contributed by atoms with E-state index in [0.717, 1.165) is 77.7 Å². The van der Waals surface area contributed by atoms with E-state index in [2.05, 4.69) is 161 Å². The topological polar surface area (TPSA) is 61.7 Å². The van der Waals surface area contributed by atoms with E-state index in [1.165, 1.54) is 27.1 Å². The number of hydrogen-bond acceptors (Lipinski definition) is 4. The van der Waals surface area contributed by atoms with Crippen LogP contribution in [-0.4, -0.2) is 24.1 Å². The highest BCUT2D eigenvalue weighted by Crippen LogP contribution is 2.43. The first kappa shape index (κ1) is 35.2. The molecular formula is C57H35N5O. The van der Waals surface area contributed by atoms with E-state index >= 15 is 0 Å². The van der Waals surface area contributed by atoms with E-state index < -0.39 is 0 Å². The minimum Gasteiger partial charge on any atom is -0.455 e. The second-order valence-corrected chi connectivity index (χ2v) is 16.0. The summed E-state index contributed by atoms with van der Waals surface area (Å²) in [6, 6.07) is 74.5. The highest BCUT2D eigenvalue weighted by Gasteiger charge is 2.22. The van der Waals surface area contributed by atoms with Crippen LogP contribution < -0.4 is 0 Å². The quantitative estimate of drug-likeness (QED) is 0.168. The van der Waals surface area contributed by atoms with Crippen molar-refractivity contribution in [2.45, 2.75) is 0 Å². The van der Waals surface area contributed by atoms with Gasteiger partial charge in [-0.1, -0.05) is 152 Å². The van der Waals surface area contributed by atoms with Gasteiger partial charge in [-0.05, 0) is 66.2 Å². The number of fused-ring (bicyclic) bond motifs is 9. The Balaban J connectivity index is 1.06. The molecule has 0 saturated heterocycles. The zero-order chi connectivity index (χ0) is 41.4. The number of benzene rings is 9. The molecule has 9 aromatic carbocycles. The van der Waals surface area contributed by atoms with E-state index in [0.29, 0.717) is 17.5 Å². The van der Waals surface area contributed by atoms with Crippen molar-refractivity contribution in [1.29, 1.82) is 0 Å². The molecule has 13 rings (SSSR count). The molecule has 0 atom stereocenters. The molecule has 6 nitrogen and oxygen atoms in total. The lowest BCUT2D eigenvalue weighted by Crippen LogP contribution is -2.00. The molecule has 0 fully saturated rings. The van der Waals surface area contributed by atoms with E-state index in [-0.39, 0.29) is 0 Å². The molecular weight excluding hydrogens is 771 g/mol. The molecule has 0 saturated carbocycles. The Morgan fingerprint density at radius 3 is 1.38 bits per heavy atom. The summed E-state index contributed by atoms with van der Waals surface area (Å²) in [4.78, 5) is 15.0. The minimum atomic E-state index is 0.582. The Labute approximate surface area is 361 Å². The first-order valence-corrected chi connectivity index (χ1v) is 21.2. The summed E-state index contributed by atoms with van der Waals surface area (Å²) in [6.45, 7) is 0. The Hall–Kier alpha value is -8.61. The molecule has 0 unspecified atom stereocenters. The second-order valence-electron chi connectivity index (χ2n) is 16.0. The lowest BCUT2D eigenvalue weighted by Gasteiger charge is -2.12. The number of para-hydroxylation sites is 3. The third-order valence-electron chi connectivity index (χ3n) is 12.3. The van der Waals surface area contributed by atoms with Crippen molar-refractivity contribution in [2.75, 3.05) is 0 Å². The van der Waals surface area contributed by atoms with Crippen molar-refractivity contribution in [3.63, 3.8) is 0 Å². The van der Waals surface area contributed by atoms with Crippen LogP contribution in [0.3, 0.4) is 0 Å². The van der Waals surface area contributed by atoms with E-state index in [1.807, 2.05) is 60.7 Å². The molecule has 0 aliphatic carbocycles. The van der Waals surface area contributed by atoms with Crippen LogP contribution >= 0.6 is 0 Å². The fraction of sp³-hybridized carbons (Fsp3) is 0. The lowest BCUT2D eigenvalue weighted by molar-refractivity contribution is 0.670. The average molecular weight is 806 g/mol.